The molecular formula is C20H20N8O. The molecule has 0 fully saturated rings. The highest BCUT2D eigenvalue weighted by atomic mass is 16.1. The predicted molar refractivity (Wildman–Crippen MR) is 115 cm³/mol. The van der Waals surface area contributed by atoms with Crippen LogP contribution in [0.25, 0.3) is 10.9 Å². The van der Waals surface area contributed by atoms with E-state index >= 15 is 0 Å². The van der Waals surface area contributed by atoms with Gasteiger partial charge in [0.25, 0.3) is 5.91 Å². The highest BCUT2D eigenvalue weighted by Gasteiger charge is 2.15. The van der Waals surface area contributed by atoms with E-state index in [1.54, 1.807) is 12.3 Å². The van der Waals surface area contributed by atoms with Crippen molar-refractivity contribution in [3.63, 3.8) is 0 Å². The summed E-state index contributed by atoms with van der Waals surface area (Å²) in [6.45, 7) is 0. The quantitative estimate of drug-likeness (QED) is 0.414. The molecule has 0 aliphatic carbocycles. The van der Waals surface area contributed by atoms with Gasteiger partial charge < -0.3 is 21.3 Å². The van der Waals surface area contributed by atoms with Crippen molar-refractivity contribution < 1.29 is 4.79 Å². The molecule has 9 nitrogen and oxygen atoms in total. The number of hydrogen-bond donors (Lipinski definition) is 4. The van der Waals surface area contributed by atoms with Crippen LogP contribution in [0.1, 0.15) is 10.5 Å². The zero-order valence-electron chi connectivity index (χ0n) is 16.0. The molecular weight excluding hydrogens is 368 g/mol. The van der Waals surface area contributed by atoms with Crippen molar-refractivity contribution in [1.82, 2.24) is 20.2 Å². The lowest BCUT2D eigenvalue weighted by Gasteiger charge is -2.12. The fourth-order valence-electron chi connectivity index (χ4n) is 2.89. The maximum atomic E-state index is 12.8. The maximum Gasteiger partial charge on any atom is 0.276 e. The van der Waals surface area contributed by atoms with E-state index in [0.29, 0.717) is 22.6 Å². The first-order valence-corrected chi connectivity index (χ1v) is 8.92. The van der Waals surface area contributed by atoms with E-state index in [2.05, 4.69) is 30.8 Å². The van der Waals surface area contributed by atoms with Gasteiger partial charge in [-0.05, 0) is 48.5 Å². The Hall–Kier alpha value is -4.14. The van der Waals surface area contributed by atoms with E-state index < -0.39 is 0 Å². The summed E-state index contributed by atoms with van der Waals surface area (Å²) in [7, 11) is 3.93. The number of anilines is 5. The lowest BCUT2D eigenvalue weighted by Crippen LogP contribution is -2.13. The second-order valence-corrected chi connectivity index (χ2v) is 6.65. The Balaban J connectivity index is 1.57. The molecule has 0 saturated carbocycles. The zero-order chi connectivity index (χ0) is 20.4. The van der Waals surface area contributed by atoms with Crippen LogP contribution in [0.4, 0.5) is 28.8 Å². The Kier molecular flexibility index (Phi) is 4.70. The number of rotatable bonds is 5. The SMILES string of the molecule is CN(C)c1ccc(NC(=O)c2n[nH]c3ccc(Nc4ccnc(N)n4)cc23)cc1. The number of benzene rings is 2. The molecule has 0 saturated heterocycles. The monoisotopic (exact) mass is 388 g/mol. The highest BCUT2D eigenvalue weighted by molar-refractivity contribution is 6.11. The molecule has 0 unspecified atom stereocenters. The number of hydrogen-bond acceptors (Lipinski definition) is 7. The van der Waals surface area contributed by atoms with Gasteiger partial charge in [-0.2, -0.15) is 10.1 Å². The van der Waals surface area contributed by atoms with Gasteiger partial charge in [0.05, 0.1) is 5.52 Å². The number of H-pyrrole nitrogens is 1. The molecule has 2 aromatic carbocycles. The van der Waals surface area contributed by atoms with E-state index in [1.807, 2.05) is 61.5 Å². The van der Waals surface area contributed by atoms with E-state index in [9.17, 15) is 4.79 Å². The molecule has 4 aromatic rings. The van der Waals surface area contributed by atoms with Crippen molar-refractivity contribution in [2.24, 2.45) is 0 Å². The molecule has 1 amide bonds. The molecule has 0 aliphatic rings. The fourth-order valence-corrected chi connectivity index (χ4v) is 2.89. The smallest absolute Gasteiger partial charge is 0.276 e. The van der Waals surface area contributed by atoms with Crippen LogP contribution in [0.15, 0.2) is 54.7 Å². The normalized spacial score (nSPS) is 10.7. The molecule has 2 aromatic heterocycles. The van der Waals surface area contributed by atoms with Gasteiger partial charge in [-0.25, -0.2) is 4.98 Å². The number of aromatic nitrogens is 4. The molecule has 0 spiro atoms. The first kappa shape index (κ1) is 18.2. The van der Waals surface area contributed by atoms with E-state index in [0.717, 1.165) is 16.9 Å². The van der Waals surface area contributed by atoms with Gasteiger partial charge in [-0.3, -0.25) is 9.89 Å². The van der Waals surface area contributed by atoms with Crippen LogP contribution in [0.3, 0.4) is 0 Å². The molecule has 0 bridgehead atoms. The molecule has 0 aliphatic heterocycles. The van der Waals surface area contributed by atoms with Crippen LogP contribution in [0.2, 0.25) is 0 Å². The van der Waals surface area contributed by atoms with E-state index in [1.165, 1.54) is 0 Å². The Morgan fingerprint density at radius 2 is 1.83 bits per heavy atom. The Bertz CT molecular complexity index is 1170. The van der Waals surface area contributed by atoms with Gasteiger partial charge in [0.1, 0.15) is 5.82 Å². The Labute approximate surface area is 167 Å². The number of carbonyl (C=O) groups excluding carboxylic acids is 1. The number of carbonyl (C=O) groups is 1. The molecule has 9 heteroatoms. The van der Waals surface area contributed by atoms with E-state index in [-0.39, 0.29) is 11.9 Å². The highest BCUT2D eigenvalue weighted by Crippen LogP contribution is 2.24. The first-order valence-electron chi connectivity index (χ1n) is 8.92. The van der Waals surface area contributed by atoms with Crippen LogP contribution in [0, 0.1) is 0 Å². The number of nitrogens with zero attached hydrogens (tertiary/aromatic N) is 4. The van der Waals surface area contributed by atoms with Crippen molar-refractivity contribution in [2.45, 2.75) is 0 Å². The lowest BCUT2D eigenvalue weighted by molar-refractivity contribution is 0.102. The van der Waals surface area contributed by atoms with Crippen LogP contribution in [-0.2, 0) is 0 Å². The van der Waals surface area contributed by atoms with E-state index in [4.69, 9.17) is 5.73 Å². The number of nitrogens with one attached hydrogen (secondary N) is 3. The number of aromatic amines is 1. The third kappa shape index (κ3) is 3.93. The zero-order valence-corrected chi connectivity index (χ0v) is 16.0. The second-order valence-electron chi connectivity index (χ2n) is 6.65. The number of amides is 1. The van der Waals surface area contributed by atoms with Crippen molar-refractivity contribution in [3.8, 4) is 0 Å². The minimum absolute atomic E-state index is 0.180. The topological polar surface area (TPSA) is 125 Å². The Morgan fingerprint density at radius 3 is 2.55 bits per heavy atom. The summed E-state index contributed by atoms with van der Waals surface area (Å²) in [5.41, 5.74) is 9.18. The maximum absolute atomic E-state index is 12.8. The van der Waals surface area contributed by atoms with Crippen molar-refractivity contribution >= 4 is 45.6 Å². The molecule has 146 valence electrons. The van der Waals surface area contributed by atoms with Crippen LogP contribution in [0.5, 0.6) is 0 Å². The Morgan fingerprint density at radius 1 is 1.07 bits per heavy atom. The minimum Gasteiger partial charge on any atom is -0.378 e. The lowest BCUT2D eigenvalue weighted by atomic mass is 10.1. The van der Waals surface area contributed by atoms with Gasteiger partial charge in [-0.15, -0.1) is 0 Å². The molecule has 0 radical (unpaired) electrons. The first-order chi connectivity index (χ1) is 14.0. The molecule has 0 atom stereocenters. The molecule has 2 heterocycles. The third-order valence-corrected chi connectivity index (χ3v) is 4.37. The molecule has 4 rings (SSSR count). The van der Waals surface area contributed by atoms with Gasteiger partial charge in [0.2, 0.25) is 5.95 Å². The van der Waals surface area contributed by atoms with Gasteiger partial charge in [0.15, 0.2) is 5.69 Å². The standard InChI is InChI=1S/C20H20N8O/c1-28(2)14-6-3-12(4-7-14)24-19(29)18-15-11-13(5-8-16(15)26-27-18)23-17-9-10-22-20(21)25-17/h3-11H,1-2H3,(H,24,29)(H,26,27)(H3,21,22,23,25). The summed E-state index contributed by atoms with van der Waals surface area (Å²) in [4.78, 5) is 22.7. The van der Waals surface area contributed by atoms with Crippen LogP contribution in [-0.4, -0.2) is 40.2 Å². The molecule has 29 heavy (non-hydrogen) atoms. The van der Waals surface area contributed by atoms with Crippen molar-refractivity contribution in [1.29, 1.82) is 0 Å². The summed E-state index contributed by atoms with van der Waals surface area (Å²) in [6.07, 6.45) is 1.57. The third-order valence-electron chi connectivity index (χ3n) is 4.37. The summed E-state index contributed by atoms with van der Waals surface area (Å²) in [5, 5.41) is 13.8. The molecule has 5 N–H and O–H groups in total. The summed E-state index contributed by atoms with van der Waals surface area (Å²) < 4.78 is 0. The van der Waals surface area contributed by atoms with Crippen LogP contribution < -0.4 is 21.3 Å². The number of nitrogen functional groups attached to an aromatic ring is 1. The van der Waals surface area contributed by atoms with Crippen LogP contribution >= 0.6 is 0 Å². The van der Waals surface area contributed by atoms with Crippen molar-refractivity contribution in [3.05, 3.63) is 60.4 Å². The number of nitrogens with two attached hydrogens (primary N) is 1. The van der Waals surface area contributed by atoms with Gasteiger partial charge >= 0.3 is 0 Å². The number of fused-ring (bicyclic) bond motifs is 1. The van der Waals surface area contributed by atoms with Crippen molar-refractivity contribution in [2.75, 3.05) is 35.4 Å². The predicted octanol–water partition coefficient (Wildman–Crippen LogP) is 3.00. The van der Waals surface area contributed by atoms with Gasteiger partial charge in [-0.1, -0.05) is 0 Å². The fraction of sp³-hybridized carbons (Fsp3) is 0.100. The summed E-state index contributed by atoms with van der Waals surface area (Å²) >= 11 is 0. The average molecular weight is 388 g/mol. The second kappa shape index (κ2) is 7.47. The largest absolute Gasteiger partial charge is 0.378 e. The minimum atomic E-state index is -0.294. The summed E-state index contributed by atoms with van der Waals surface area (Å²) in [5.74, 6) is 0.448. The summed E-state index contributed by atoms with van der Waals surface area (Å²) in [6, 6.07) is 14.8. The average Bonchev–Trinajstić information content (AvgIpc) is 3.12. The van der Waals surface area contributed by atoms with Gasteiger partial charge in [0, 0.05) is 42.7 Å².